The number of aromatic amines is 1. The highest BCUT2D eigenvalue weighted by Crippen LogP contribution is 2.08. The first-order chi connectivity index (χ1) is 10.0. The summed E-state index contributed by atoms with van der Waals surface area (Å²) in [6.45, 7) is 3.18. The minimum atomic E-state index is -0.236. The van der Waals surface area contributed by atoms with E-state index in [4.69, 9.17) is 0 Å². The minimum Gasteiger partial charge on any atom is -0.326 e. The molecule has 3 N–H and O–H groups in total. The quantitative estimate of drug-likeness (QED) is 0.585. The third-order valence-electron chi connectivity index (χ3n) is 2.48. The van der Waals surface area contributed by atoms with Gasteiger partial charge in [0.05, 0.1) is 6.21 Å². The van der Waals surface area contributed by atoms with Gasteiger partial charge in [-0.25, -0.2) is 10.4 Å². The second kappa shape index (κ2) is 6.47. The SMILES string of the molecule is CC(=O)Nc1ccc(/C=N\Nc2nc(C)cc(=O)[nH]2)cc1. The van der Waals surface area contributed by atoms with Crippen LogP contribution in [0, 0.1) is 6.92 Å². The summed E-state index contributed by atoms with van der Waals surface area (Å²) in [6.07, 6.45) is 1.58. The molecule has 1 amide bonds. The van der Waals surface area contributed by atoms with Crippen molar-refractivity contribution >= 4 is 23.8 Å². The number of carbonyl (C=O) groups excluding carboxylic acids is 1. The van der Waals surface area contributed by atoms with E-state index in [2.05, 4.69) is 25.8 Å². The Morgan fingerprint density at radius 2 is 2.05 bits per heavy atom. The fraction of sp³-hybridized carbons (Fsp3) is 0.143. The molecule has 0 saturated heterocycles. The maximum Gasteiger partial charge on any atom is 0.252 e. The second-order valence-corrected chi connectivity index (χ2v) is 4.41. The number of hydrogen-bond donors (Lipinski definition) is 3. The van der Waals surface area contributed by atoms with Gasteiger partial charge in [-0.15, -0.1) is 0 Å². The van der Waals surface area contributed by atoms with Crippen LogP contribution in [0.15, 0.2) is 40.2 Å². The van der Waals surface area contributed by atoms with E-state index in [9.17, 15) is 9.59 Å². The van der Waals surface area contributed by atoms with Gasteiger partial charge in [-0.05, 0) is 24.6 Å². The lowest BCUT2D eigenvalue weighted by Crippen LogP contribution is -2.10. The van der Waals surface area contributed by atoms with E-state index in [0.29, 0.717) is 5.69 Å². The Balaban J connectivity index is 2.00. The second-order valence-electron chi connectivity index (χ2n) is 4.41. The van der Waals surface area contributed by atoms with Crippen LogP contribution in [0.4, 0.5) is 11.6 Å². The molecule has 0 aliphatic rings. The van der Waals surface area contributed by atoms with E-state index in [1.807, 2.05) is 12.1 Å². The first-order valence-corrected chi connectivity index (χ1v) is 6.27. The summed E-state index contributed by atoms with van der Waals surface area (Å²) in [4.78, 5) is 28.8. The topological polar surface area (TPSA) is 99.2 Å². The van der Waals surface area contributed by atoms with Gasteiger partial charge in [0, 0.05) is 24.4 Å². The van der Waals surface area contributed by atoms with Crippen molar-refractivity contribution in [3.63, 3.8) is 0 Å². The van der Waals surface area contributed by atoms with Crippen molar-refractivity contribution in [3.05, 3.63) is 51.9 Å². The molecule has 108 valence electrons. The number of benzene rings is 1. The molecule has 0 atom stereocenters. The molecule has 0 bridgehead atoms. The molecule has 7 nitrogen and oxygen atoms in total. The number of hydrazone groups is 1. The van der Waals surface area contributed by atoms with E-state index >= 15 is 0 Å². The van der Waals surface area contributed by atoms with Gasteiger partial charge in [0.1, 0.15) is 0 Å². The number of amides is 1. The fourth-order valence-electron chi connectivity index (χ4n) is 1.66. The molecule has 2 aromatic rings. The van der Waals surface area contributed by atoms with Crippen LogP contribution in [0.5, 0.6) is 0 Å². The van der Waals surface area contributed by atoms with Gasteiger partial charge in [0.2, 0.25) is 11.9 Å². The summed E-state index contributed by atoms with van der Waals surface area (Å²) in [7, 11) is 0. The third-order valence-corrected chi connectivity index (χ3v) is 2.48. The van der Waals surface area contributed by atoms with Crippen molar-refractivity contribution in [1.82, 2.24) is 9.97 Å². The molecule has 0 radical (unpaired) electrons. The van der Waals surface area contributed by atoms with Crippen molar-refractivity contribution in [1.29, 1.82) is 0 Å². The van der Waals surface area contributed by atoms with E-state index in [0.717, 1.165) is 11.3 Å². The summed E-state index contributed by atoms with van der Waals surface area (Å²) in [5, 5.41) is 6.67. The fourth-order valence-corrected chi connectivity index (χ4v) is 1.66. The number of anilines is 2. The predicted octanol–water partition coefficient (Wildman–Crippen LogP) is 1.48. The number of hydrogen-bond acceptors (Lipinski definition) is 5. The molecule has 0 saturated carbocycles. The Bertz CT molecular complexity index is 719. The highest BCUT2D eigenvalue weighted by Gasteiger charge is 1.96. The Kier molecular flexibility index (Phi) is 4.45. The van der Waals surface area contributed by atoms with Crippen molar-refractivity contribution < 1.29 is 4.79 Å². The Morgan fingerprint density at radius 1 is 1.33 bits per heavy atom. The summed E-state index contributed by atoms with van der Waals surface area (Å²) in [5.74, 6) is 0.165. The molecule has 0 aliphatic carbocycles. The van der Waals surface area contributed by atoms with Gasteiger partial charge in [0.25, 0.3) is 5.56 Å². The standard InChI is InChI=1S/C14H15N5O2/c1-9-7-13(21)18-14(16-9)19-15-8-11-3-5-12(6-4-11)17-10(2)20/h3-8H,1-2H3,(H,17,20)(H2,16,18,19,21)/b15-8-. The van der Waals surface area contributed by atoms with Crippen molar-refractivity contribution in [2.24, 2.45) is 5.10 Å². The summed E-state index contributed by atoms with van der Waals surface area (Å²) in [6, 6.07) is 8.56. The number of H-pyrrole nitrogens is 1. The smallest absolute Gasteiger partial charge is 0.252 e. The van der Waals surface area contributed by atoms with E-state index in [1.165, 1.54) is 13.0 Å². The molecule has 1 aromatic heterocycles. The monoisotopic (exact) mass is 285 g/mol. The maximum atomic E-state index is 11.2. The minimum absolute atomic E-state index is 0.118. The van der Waals surface area contributed by atoms with Crippen LogP contribution in [0.2, 0.25) is 0 Å². The average Bonchev–Trinajstić information content (AvgIpc) is 2.39. The van der Waals surface area contributed by atoms with Crippen molar-refractivity contribution in [3.8, 4) is 0 Å². The predicted molar refractivity (Wildman–Crippen MR) is 81.6 cm³/mol. The average molecular weight is 285 g/mol. The molecule has 0 spiro atoms. The van der Waals surface area contributed by atoms with Crippen LogP contribution in [-0.2, 0) is 4.79 Å². The van der Waals surface area contributed by atoms with Gasteiger partial charge in [-0.3, -0.25) is 14.6 Å². The van der Waals surface area contributed by atoms with Gasteiger partial charge < -0.3 is 5.32 Å². The number of nitrogens with one attached hydrogen (secondary N) is 3. The van der Waals surface area contributed by atoms with Crippen molar-refractivity contribution in [2.75, 3.05) is 10.7 Å². The summed E-state index contributed by atoms with van der Waals surface area (Å²) in [5.41, 5.74) is 4.59. The van der Waals surface area contributed by atoms with E-state index in [-0.39, 0.29) is 17.4 Å². The van der Waals surface area contributed by atoms with Gasteiger partial charge in [-0.2, -0.15) is 5.10 Å². The van der Waals surface area contributed by atoms with E-state index in [1.54, 1.807) is 25.3 Å². The Morgan fingerprint density at radius 3 is 2.67 bits per heavy atom. The highest BCUT2D eigenvalue weighted by molar-refractivity contribution is 5.89. The third kappa shape index (κ3) is 4.57. The molecule has 7 heteroatoms. The summed E-state index contributed by atoms with van der Waals surface area (Å²) < 4.78 is 0. The highest BCUT2D eigenvalue weighted by atomic mass is 16.1. The largest absolute Gasteiger partial charge is 0.326 e. The van der Waals surface area contributed by atoms with Gasteiger partial charge in [0.15, 0.2) is 0 Å². The molecule has 0 fully saturated rings. The first kappa shape index (κ1) is 14.4. The molecule has 21 heavy (non-hydrogen) atoms. The molecule has 2 rings (SSSR count). The number of carbonyl (C=O) groups is 1. The van der Waals surface area contributed by atoms with Crippen LogP contribution < -0.4 is 16.3 Å². The zero-order chi connectivity index (χ0) is 15.2. The number of aromatic nitrogens is 2. The van der Waals surface area contributed by atoms with Gasteiger partial charge in [-0.1, -0.05) is 12.1 Å². The Labute approximate surface area is 121 Å². The molecular formula is C14H15N5O2. The normalized spacial score (nSPS) is 10.6. The van der Waals surface area contributed by atoms with Gasteiger partial charge >= 0.3 is 0 Å². The zero-order valence-corrected chi connectivity index (χ0v) is 11.7. The molecule has 0 aliphatic heterocycles. The first-order valence-electron chi connectivity index (χ1n) is 6.27. The van der Waals surface area contributed by atoms with Crippen LogP contribution in [0.1, 0.15) is 18.2 Å². The van der Waals surface area contributed by atoms with Crippen LogP contribution in [0.25, 0.3) is 0 Å². The molecule has 1 heterocycles. The molecule has 1 aromatic carbocycles. The lowest BCUT2D eigenvalue weighted by molar-refractivity contribution is -0.114. The maximum absolute atomic E-state index is 11.2. The zero-order valence-electron chi connectivity index (χ0n) is 11.7. The molecule has 0 unspecified atom stereocenters. The number of aryl methyl sites for hydroxylation is 1. The lowest BCUT2D eigenvalue weighted by Gasteiger charge is -2.02. The van der Waals surface area contributed by atoms with Crippen LogP contribution >= 0.6 is 0 Å². The summed E-state index contributed by atoms with van der Waals surface area (Å²) >= 11 is 0. The Hall–Kier alpha value is -2.96. The number of nitrogens with zero attached hydrogens (tertiary/aromatic N) is 2. The molecular weight excluding hydrogens is 270 g/mol. The number of rotatable bonds is 4. The van der Waals surface area contributed by atoms with Crippen LogP contribution in [0.3, 0.4) is 0 Å². The lowest BCUT2D eigenvalue weighted by atomic mass is 10.2. The van der Waals surface area contributed by atoms with Crippen LogP contribution in [-0.4, -0.2) is 22.1 Å². The van der Waals surface area contributed by atoms with Crippen molar-refractivity contribution in [2.45, 2.75) is 13.8 Å². The van der Waals surface area contributed by atoms with E-state index < -0.39 is 0 Å².